The van der Waals surface area contributed by atoms with Gasteiger partial charge in [0.25, 0.3) is 5.09 Å². The van der Waals surface area contributed by atoms with Crippen molar-refractivity contribution >= 4 is 17.5 Å². The summed E-state index contributed by atoms with van der Waals surface area (Å²) in [6.07, 6.45) is 0.960. The first-order chi connectivity index (χ1) is 12.7. The number of nitrogens with zero attached hydrogens (tertiary/aromatic N) is 4. The number of hydrogen-bond acceptors (Lipinski definition) is 11. The van der Waals surface area contributed by atoms with E-state index in [9.17, 15) is 15.2 Å². The first kappa shape index (κ1) is 23.4. The summed E-state index contributed by atoms with van der Waals surface area (Å²) in [7, 11) is 1.58. The molecule has 0 aliphatic carbocycles. The second kappa shape index (κ2) is 12.0. The van der Waals surface area contributed by atoms with Gasteiger partial charge in [-0.2, -0.15) is 8.75 Å². The van der Waals surface area contributed by atoms with Gasteiger partial charge in [-0.15, -0.1) is 10.1 Å². The molecule has 0 aromatic carbocycles. The molecule has 1 aromatic rings. The van der Waals surface area contributed by atoms with Gasteiger partial charge in [-0.1, -0.05) is 0 Å². The molecule has 0 amide bonds. The van der Waals surface area contributed by atoms with Crippen LogP contribution in [-0.4, -0.2) is 83.3 Å². The molecule has 0 radical (unpaired) electrons. The monoisotopic (exact) mass is 407 g/mol. The predicted molar refractivity (Wildman–Crippen MR) is 100 cm³/mol. The summed E-state index contributed by atoms with van der Waals surface area (Å²) in [5.41, 5.74) is 0.0642. The minimum absolute atomic E-state index is 0.0545. The van der Waals surface area contributed by atoms with Crippen LogP contribution in [-0.2, 0) is 14.3 Å². The number of aliphatic hydroxyl groups is 1. The van der Waals surface area contributed by atoms with Gasteiger partial charge in [0, 0.05) is 32.3 Å². The van der Waals surface area contributed by atoms with E-state index in [4.69, 9.17) is 9.47 Å². The van der Waals surface area contributed by atoms with Crippen molar-refractivity contribution in [3.8, 4) is 0 Å². The average Bonchev–Trinajstić information content (AvgIpc) is 3.13. The molecular weight excluding hydrogens is 378 g/mol. The van der Waals surface area contributed by atoms with Crippen molar-refractivity contribution in [3.63, 3.8) is 0 Å². The van der Waals surface area contributed by atoms with Crippen molar-refractivity contribution in [3.05, 3.63) is 16.3 Å². The fourth-order valence-electron chi connectivity index (χ4n) is 2.15. The molecule has 156 valence electrons. The number of β-amino-alcohol motifs (C(OH)–C–C–N with tert-alkyl or cyclic N) is 1. The van der Waals surface area contributed by atoms with Crippen LogP contribution in [0, 0.1) is 10.1 Å². The molecule has 2 atom stereocenters. The maximum Gasteiger partial charge on any atom is 0.294 e. The Hall–Kier alpha value is -1.60. The van der Waals surface area contributed by atoms with Crippen LogP contribution in [0.5, 0.6) is 0 Å². The van der Waals surface area contributed by atoms with Crippen molar-refractivity contribution in [2.24, 2.45) is 0 Å². The number of anilines is 1. The molecule has 2 N–H and O–H groups in total. The Morgan fingerprint density at radius 1 is 1.59 bits per heavy atom. The summed E-state index contributed by atoms with van der Waals surface area (Å²) in [5.74, 6) is 0.777. The third-order valence-corrected chi connectivity index (χ3v) is 3.87. The van der Waals surface area contributed by atoms with E-state index in [1.54, 1.807) is 13.3 Å². The van der Waals surface area contributed by atoms with Gasteiger partial charge in [-0.25, -0.2) is 0 Å². The van der Waals surface area contributed by atoms with Gasteiger partial charge in [0.1, 0.15) is 6.61 Å². The minimum atomic E-state index is -0.813. The van der Waals surface area contributed by atoms with Crippen molar-refractivity contribution in [1.82, 2.24) is 14.1 Å². The summed E-state index contributed by atoms with van der Waals surface area (Å²) < 4.78 is 18.1. The number of aromatic nitrogens is 2. The second-order valence-corrected chi connectivity index (χ2v) is 7.52. The van der Waals surface area contributed by atoms with Gasteiger partial charge in [0.15, 0.2) is 5.82 Å². The summed E-state index contributed by atoms with van der Waals surface area (Å²) in [6, 6.07) is 0. The number of aliphatic hydroxyl groups excluding tert-OH is 1. The number of morpholine rings is 1. The molecule has 27 heavy (non-hydrogen) atoms. The Bertz CT molecular complexity index is 527. The van der Waals surface area contributed by atoms with E-state index in [-0.39, 0.29) is 18.2 Å². The SMILES string of the molecule is COCC(O)CNC(C)(C)C.O=[N+]([O-])OCC1CN(c2cnsn2)CCO1. The van der Waals surface area contributed by atoms with Crippen LogP contribution in [0.15, 0.2) is 6.20 Å². The van der Waals surface area contributed by atoms with Crippen LogP contribution in [0.2, 0.25) is 0 Å². The molecule has 1 aliphatic heterocycles. The van der Waals surface area contributed by atoms with E-state index in [0.29, 0.717) is 32.8 Å². The maximum absolute atomic E-state index is 10.0. The van der Waals surface area contributed by atoms with Crippen LogP contribution >= 0.6 is 11.7 Å². The Morgan fingerprint density at radius 3 is 2.89 bits per heavy atom. The first-order valence-electron chi connectivity index (χ1n) is 8.54. The molecule has 2 rings (SSSR count). The zero-order valence-electron chi connectivity index (χ0n) is 16.2. The van der Waals surface area contributed by atoms with E-state index in [1.807, 2.05) is 4.90 Å². The molecular formula is C15H29N5O6S. The average molecular weight is 407 g/mol. The zero-order chi connectivity index (χ0) is 20.3. The highest BCUT2D eigenvalue weighted by Gasteiger charge is 2.23. The smallest absolute Gasteiger partial charge is 0.294 e. The van der Waals surface area contributed by atoms with Crippen LogP contribution in [0.4, 0.5) is 5.82 Å². The summed E-state index contributed by atoms with van der Waals surface area (Å²) in [6.45, 7) is 8.84. The quantitative estimate of drug-likeness (QED) is 0.459. The highest BCUT2D eigenvalue weighted by molar-refractivity contribution is 6.99. The Labute approximate surface area is 163 Å². The van der Waals surface area contributed by atoms with Gasteiger partial charge in [0.2, 0.25) is 0 Å². The van der Waals surface area contributed by atoms with Crippen LogP contribution < -0.4 is 10.2 Å². The van der Waals surface area contributed by atoms with Crippen molar-refractivity contribution in [1.29, 1.82) is 0 Å². The van der Waals surface area contributed by atoms with Crippen LogP contribution in [0.1, 0.15) is 20.8 Å². The van der Waals surface area contributed by atoms with Crippen molar-refractivity contribution < 1.29 is 24.5 Å². The largest absolute Gasteiger partial charge is 0.389 e. The number of hydrogen-bond donors (Lipinski definition) is 2. The third kappa shape index (κ3) is 11.0. The zero-order valence-corrected chi connectivity index (χ0v) is 17.0. The van der Waals surface area contributed by atoms with E-state index in [0.717, 1.165) is 17.5 Å². The highest BCUT2D eigenvalue weighted by atomic mass is 32.1. The fraction of sp³-hybridized carbons (Fsp3) is 0.867. The van der Waals surface area contributed by atoms with Gasteiger partial charge >= 0.3 is 0 Å². The summed E-state index contributed by atoms with van der Waals surface area (Å²) in [5, 5.41) is 21.6. The summed E-state index contributed by atoms with van der Waals surface area (Å²) in [4.78, 5) is 16.3. The predicted octanol–water partition coefficient (Wildman–Crippen LogP) is 0.333. The van der Waals surface area contributed by atoms with E-state index < -0.39 is 11.2 Å². The molecule has 2 heterocycles. The van der Waals surface area contributed by atoms with Crippen molar-refractivity contribution in [2.45, 2.75) is 38.5 Å². The molecule has 2 unspecified atom stereocenters. The normalized spacial score (nSPS) is 18.4. The van der Waals surface area contributed by atoms with Crippen molar-refractivity contribution in [2.75, 3.05) is 51.5 Å². The molecule has 1 saturated heterocycles. The summed E-state index contributed by atoms with van der Waals surface area (Å²) >= 11 is 1.13. The lowest BCUT2D eigenvalue weighted by Crippen LogP contribution is -2.44. The lowest BCUT2D eigenvalue weighted by Gasteiger charge is -2.32. The van der Waals surface area contributed by atoms with Gasteiger partial charge in [-0.3, -0.25) is 0 Å². The fourth-order valence-corrected chi connectivity index (χ4v) is 2.58. The van der Waals surface area contributed by atoms with Gasteiger partial charge in [0.05, 0.1) is 43.3 Å². The minimum Gasteiger partial charge on any atom is -0.389 e. The molecule has 12 heteroatoms. The molecule has 0 bridgehead atoms. The number of methoxy groups -OCH3 is 1. The highest BCUT2D eigenvalue weighted by Crippen LogP contribution is 2.15. The molecule has 1 fully saturated rings. The second-order valence-electron chi connectivity index (χ2n) is 6.96. The number of nitrogens with one attached hydrogen (secondary N) is 1. The molecule has 11 nitrogen and oxygen atoms in total. The number of rotatable bonds is 8. The lowest BCUT2D eigenvalue weighted by atomic mass is 10.1. The standard InChI is InChI=1S/C8H19NO2.C7H10N4O4S/c1-8(2,3)9-5-7(10)6-11-4;12-11(13)15-5-6-4-10(1-2-14-6)7-3-8-16-9-7/h7,9-10H,5-6H2,1-4H3;3,6H,1-2,4-5H2. The molecule has 0 saturated carbocycles. The van der Waals surface area contributed by atoms with E-state index in [1.165, 1.54) is 0 Å². The van der Waals surface area contributed by atoms with E-state index in [2.05, 4.69) is 39.7 Å². The molecule has 0 spiro atoms. The Morgan fingerprint density at radius 2 is 2.33 bits per heavy atom. The van der Waals surface area contributed by atoms with Gasteiger partial charge < -0.3 is 29.6 Å². The molecule has 1 aromatic heterocycles. The molecule has 1 aliphatic rings. The topological polar surface area (TPSA) is 132 Å². The number of ether oxygens (including phenoxy) is 2. The van der Waals surface area contributed by atoms with Crippen LogP contribution in [0.3, 0.4) is 0 Å². The lowest BCUT2D eigenvalue weighted by molar-refractivity contribution is -0.759. The van der Waals surface area contributed by atoms with E-state index >= 15 is 0 Å². The Kier molecular flexibility index (Phi) is 10.4. The Balaban J connectivity index is 0.000000293. The maximum atomic E-state index is 10.0. The first-order valence-corrected chi connectivity index (χ1v) is 9.27. The third-order valence-electron chi connectivity index (χ3n) is 3.41. The van der Waals surface area contributed by atoms with Crippen LogP contribution in [0.25, 0.3) is 0 Å². The van der Waals surface area contributed by atoms with Gasteiger partial charge in [-0.05, 0) is 20.8 Å².